The number of ether oxygens (including phenoxy) is 1. The average molecular weight is 204 g/mol. The molecule has 0 amide bonds. The quantitative estimate of drug-likeness (QED) is 0.800. The molecule has 0 aliphatic heterocycles. The molecule has 0 saturated heterocycles. The summed E-state index contributed by atoms with van der Waals surface area (Å²) in [6.45, 7) is 0. The zero-order valence-corrected chi connectivity index (χ0v) is 9.05. The van der Waals surface area contributed by atoms with Gasteiger partial charge in [-0.05, 0) is 43.2 Å². The van der Waals surface area contributed by atoms with Crippen molar-refractivity contribution < 1.29 is 9.84 Å². The van der Waals surface area contributed by atoms with Crippen molar-refractivity contribution in [3.63, 3.8) is 0 Å². The highest BCUT2D eigenvalue weighted by Crippen LogP contribution is 2.50. The molecule has 2 nitrogen and oxygen atoms in total. The summed E-state index contributed by atoms with van der Waals surface area (Å²) in [4.78, 5) is 0. The van der Waals surface area contributed by atoms with Gasteiger partial charge in [0.15, 0.2) is 0 Å². The highest BCUT2D eigenvalue weighted by Gasteiger charge is 2.45. The number of rotatable bonds is 2. The van der Waals surface area contributed by atoms with Crippen molar-refractivity contribution in [1.29, 1.82) is 0 Å². The molecule has 0 atom stereocenters. The molecule has 1 N–H and O–H groups in total. The molecule has 0 heterocycles. The van der Waals surface area contributed by atoms with Crippen LogP contribution in [0.2, 0.25) is 0 Å². The number of aryl methyl sites for hydroxylation is 1. The minimum Gasteiger partial charge on any atom is -0.496 e. The summed E-state index contributed by atoms with van der Waals surface area (Å²) >= 11 is 0. The van der Waals surface area contributed by atoms with Crippen molar-refractivity contribution in [2.75, 3.05) is 7.11 Å². The van der Waals surface area contributed by atoms with E-state index in [-0.39, 0.29) is 0 Å². The molecule has 0 aromatic heterocycles. The van der Waals surface area contributed by atoms with E-state index in [1.807, 2.05) is 0 Å². The molecule has 0 unspecified atom stereocenters. The van der Waals surface area contributed by atoms with E-state index in [0.29, 0.717) is 0 Å². The minimum atomic E-state index is -0.580. The fourth-order valence-electron chi connectivity index (χ4n) is 2.62. The van der Waals surface area contributed by atoms with E-state index in [1.54, 1.807) is 7.11 Å². The highest BCUT2D eigenvalue weighted by atomic mass is 16.5. The van der Waals surface area contributed by atoms with Crippen molar-refractivity contribution in [3.8, 4) is 5.75 Å². The Kier molecular flexibility index (Phi) is 1.84. The van der Waals surface area contributed by atoms with Gasteiger partial charge in [0.2, 0.25) is 0 Å². The SMILES string of the molecule is COc1c(C2(O)CC2)ccc2c1CCC2. The van der Waals surface area contributed by atoms with Crippen molar-refractivity contribution in [3.05, 3.63) is 28.8 Å². The summed E-state index contributed by atoms with van der Waals surface area (Å²) in [6.07, 6.45) is 5.23. The topological polar surface area (TPSA) is 29.5 Å². The number of hydrogen-bond donors (Lipinski definition) is 1. The summed E-state index contributed by atoms with van der Waals surface area (Å²) in [5, 5.41) is 10.2. The molecule has 2 aliphatic carbocycles. The Balaban J connectivity index is 2.15. The van der Waals surface area contributed by atoms with Crippen molar-refractivity contribution in [2.24, 2.45) is 0 Å². The second-order valence-electron chi connectivity index (χ2n) is 4.67. The van der Waals surface area contributed by atoms with E-state index >= 15 is 0 Å². The Morgan fingerprint density at radius 1 is 1.27 bits per heavy atom. The number of aliphatic hydroxyl groups is 1. The largest absolute Gasteiger partial charge is 0.496 e. The van der Waals surface area contributed by atoms with Gasteiger partial charge in [-0.1, -0.05) is 12.1 Å². The summed E-state index contributed by atoms with van der Waals surface area (Å²) < 4.78 is 5.49. The van der Waals surface area contributed by atoms with Crippen molar-refractivity contribution >= 4 is 0 Å². The summed E-state index contributed by atoms with van der Waals surface area (Å²) in [5.41, 5.74) is 3.16. The lowest BCUT2D eigenvalue weighted by Crippen LogP contribution is -2.08. The Bertz CT molecular complexity index is 405. The monoisotopic (exact) mass is 204 g/mol. The molecule has 1 aromatic rings. The van der Waals surface area contributed by atoms with Gasteiger partial charge in [0, 0.05) is 5.56 Å². The van der Waals surface area contributed by atoms with Crippen LogP contribution in [0.25, 0.3) is 0 Å². The van der Waals surface area contributed by atoms with Crippen LogP contribution in [0, 0.1) is 0 Å². The number of fused-ring (bicyclic) bond motifs is 1. The number of hydrogen-bond acceptors (Lipinski definition) is 2. The van der Waals surface area contributed by atoms with E-state index in [0.717, 1.165) is 37.0 Å². The molecule has 3 rings (SSSR count). The first-order chi connectivity index (χ1) is 7.24. The molecule has 0 spiro atoms. The van der Waals surface area contributed by atoms with E-state index in [4.69, 9.17) is 4.74 Å². The summed E-state index contributed by atoms with van der Waals surface area (Å²) in [7, 11) is 1.71. The maximum Gasteiger partial charge on any atom is 0.128 e. The van der Waals surface area contributed by atoms with Crippen LogP contribution in [0.15, 0.2) is 12.1 Å². The Morgan fingerprint density at radius 2 is 2.07 bits per heavy atom. The zero-order valence-electron chi connectivity index (χ0n) is 9.05. The highest BCUT2D eigenvalue weighted by molar-refractivity contribution is 5.52. The van der Waals surface area contributed by atoms with Gasteiger partial charge < -0.3 is 9.84 Å². The number of benzene rings is 1. The second kappa shape index (κ2) is 2.99. The predicted octanol–water partition coefficient (Wildman–Crippen LogP) is 2.17. The Labute approximate surface area is 89.9 Å². The fraction of sp³-hybridized carbons (Fsp3) is 0.538. The Hall–Kier alpha value is -1.02. The first-order valence-electron chi connectivity index (χ1n) is 5.66. The molecule has 15 heavy (non-hydrogen) atoms. The second-order valence-corrected chi connectivity index (χ2v) is 4.67. The molecule has 2 heteroatoms. The lowest BCUT2D eigenvalue weighted by atomic mass is 9.99. The van der Waals surface area contributed by atoms with Crippen LogP contribution < -0.4 is 4.74 Å². The van der Waals surface area contributed by atoms with Gasteiger partial charge in [-0.3, -0.25) is 0 Å². The van der Waals surface area contributed by atoms with Crippen LogP contribution >= 0.6 is 0 Å². The first-order valence-corrected chi connectivity index (χ1v) is 5.66. The molecule has 1 fully saturated rings. The van der Waals surface area contributed by atoms with Gasteiger partial charge in [0.1, 0.15) is 5.75 Å². The first kappa shape index (κ1) is 9.22. The standard InChI is InChI=1S/C13H16O2/c1-15-12-10-4-2-3-9(10)5-6-11(12)13(14)7-8-13/h5-6,14H,2-4,7-8H2,1H3. The van der Waals surface area contributed by atoms with Gasteiger partial charge in [-0.25, -0.2) is 0 Å². The molecule has 1 saturated carbocycles. The van der Waals surface area contributed by atoms with Crippen LogP contribution in [0.3, 0.4) is 0 Å². The van der Waals surface area contributed by atoms with Gasteiger partial charge in [-0.15, -0.1) is 0 Å². The normalized spacial score (nSPS) is 21.2. The molecule has 1 aromatic carbocycles. The molecule has 2 aliphatic rings. The van der Waals surface area contributed by atoms with Crippen LogP contribution in [-0.4, -0.2) is 12.2 Å². The summed E-state index contributed by atoms with van der Waals surface area (Å²) in [6, 6.07) is 4.21. The van der Waals surface area contributed by atoms with Crippen molar-refractivity contribution in [1.82, 2.24) is 0 Å². The lowest BCUT2D eigenvalue weighted by molar-refractivity contribution is 0.147. The van der Waals surface area contributed by atoms with Gasteiger partial charge in [-0.2, -0.15) is 0 Å². The summed E-state index contributed by atoms with van der Waals surface area (Å²) in [5.74, 6) is 0.949. The molecular weight excluding hydrogens is 188 g/mol. The fourth-order valence-corrected chi connectivity index (χ4v) is 2.62. The Morgan fingerprint density at radius 3 is 2.73 bits per heavy atom. The zero-order chi connectivity index (χ0) is 10.5. The van der Waals surface area contributed by atoms with Crippen LogP contribution in [0.4, 0.5) is 0 Å². The predicted molar refractivity (Wildman–Crippen MR) is 58.1 cm³/mol. The third-order valence-electron chi connectivity index (χ3n) is 3.66. The maximum absolute atomic E-state index is 10.2. The van der Waals surface area contributed by atoms with Gasteiger partial charge in [0.05, 0.1) is 12.7 Å². The molecular formula is C13H16O2. The molecule has 0 bridgehead atoms. The lowest BCUT2D eigenvalue weighted by Gasteiger charge is -2.16. The number of methoxy groups -OCH3 is 1. The maximum atomic E-state index is 10.2. The average Bonchev–Trinajstić information content (AvgIpc) is 2.82. The van der Waals surface area contributed by atoms with Crippen molar-refractivity contribution in [2.45, 2.75) is 37.7 Å². The van der Waals surface area contributed by atoms with E-state index in [9.17, 15) is 5.11 Å². The van der Waals surface area contributed by atoms with Crippen LogP contribution in [-0.2, 0) is 18.4 Å². The van der Waals surface area contributed by atoms with E-state index < -0.39 is 5.60 Å². The third-order valence-corrected chi connectivity index (χ3v) is 3.66. The van der Waals surface area contributed by atoms with E-state index in [2.05, 4.69) is 12.1 Å². The third kappa shape index (κ3) is 1.28. The van der Waals surface area contributed by atoms with Gasteiger partial charge >= 0.3 is 0 Å². The van der Waals surface area contributed by atoms with Crippen LogP contribution in [0.1, 0.15) is 36.0 Å². The smallest absolute Gasteiger partial charge is 0.128 e. The van der Waals surface area contributed by atoms with Gasteiger partial charge in [0.25, 0.3) is 0 Å². The molecule has 80 valence electrons. The van der Waals surface area contributed by atoms with Crippen LogP contribution in [0.5, 0.6) is 5.75 Å². The minimum absolute atomic E-state index is 0.580. The molecule has 0 radical (unpaired) electrons. The van der Waals surface area contributed by atoms with E-state index in [1.165, 1.54) is 17.5 Å².